The number of anilines is 1. The van der Waals surface area contributed by atoms with Gasteiger partial charge in [-0.05, 0) is 106 Å². The van der Waals surface area contributed by atoms with Crippen molar-refractivity contribution in [3.8, 4) is 16.9 Å². The number of carbonyl (C=O) groups excluding carboxylic acids is 1. The Morgan fingerprint density at radius 1 is 1.00 bits per heavy atom. The lowest BCUT2D eigenvalue weighted by Gasteiger charge is -2.35. The van der Waals surface area contributed by atoms with Crippen LogP contribution in [0.15, 0.2) is 42.5 Å². The van der Waals surface area contributed by atoms with Crippen molar-refractivity contribution in [2.24, 2.45) is 14.1 Å². The molecule has 2 N–H and O–H groups in total. The monoisotopic (exact) mass is 741 g/mol. The number of rotatable bonds is 9. The highest BCUT2D eigenvalue weighted by molar-refractivity contribution is 6.35. The number of carboxylic acids is 1. The molecule has 12 heteroatoms. The van der Waals surface area contributed by atoms with E-state index in [2.05, 4.69) is 11.5 Å². The lowest BCUT2D eigenvalue weighted by molar-refractivity contribution is 0.0687. The molecule has 1 amide bonds. The summed E-state index contributed by atoms with van der Waals surface area (Å²) in [5.41, 5.74) is 9.60. The molecule has 0 bridgehead atoms. The molecule has 10 nitrogen and oxygen atoms in total. The predicted molar refractivity (Wildman–Crippen MR) is 206 cm³/mol. The Labute approximate surface area is 311 Å². The van der Waals surface area contributed by atoms with Crippen molar-refractivity contribution >= 4 is 62.6 Å². The van der Waals surface area contributed by atoms with Crippen LogP contribution in [0.3, 0.4) is 0 Å². The molecule has 1 aliphatic heterocycles. The molecule has 4 heterocycles. The molecule has 0 fully saturated rings. The number of hydrogen-bond donors (Lipinski definition) is 2. The van der Waals surface area contributed by atoms with E-state index in [9.17, 15) is 15.0 Å². The maximum atomic E-state index is 15.1. The van der Waals surface area contributed by atoms with Crippen LogP contribution in [0.5, 0.6) is 5.75 Å². The Bertz CT molecular complexity index is 2430. The summed E-state index contributed by atoms with van der Waals surface area (Å²) < 4.78 is 11.8. The zero-order valence-electron chi connectivity index (χ0n) is 30.3. The van der Waals surface area contributed by atoms with Gasteiger partial charge in [0.15, 0.2) is 0 Å². The minimum absolute atomic E-state index is 0.0891. The average Bonchev–Trinajstić information content (AvgIpc) is 3.71. The minimum Gasteiger partial charge on any atom is -0.494 e. The Hall–Kier alpha value is -4.77. The van der Waals surface area contributed by atoms with Crippen molar-refractivity contribution in [3.63, 3.8) is 0 Å². The molecule has 0 aliphatic carbocycles. The van der Waals surface area contributed by atoms with Gasteiger partial charge in [-0.2, -0.15) is 5.10 Å². The molecule has 0 saturated heterocycles. The summed E-state index contributed by atoms with van der Waals surface area (Å²) in [4.78, 5) is 29.0. The number of benzene rings is 3. The number of aryl methyl sites for hydroxylation is 6. The highest BCUT2D eigenvalue weighted by Crippen LogP contribution is 2.46. The molecule has 6 aromatic rings. The maximum Gasteiger partial charge on any atom is 0.352 e. The van der Waals surface area contributed by atoms with Gasteiger partial charge in [0.2, 0.25) is 0 Å². The SMILES string of the molecule is Cc1cc(OCCCc2c3n(c4c(-c5c(C)nn(C)c5C)c(Cl)ccc24)C(C)CN(c2cc(CO)cc4cc(C(=O)O)n(C)c24)C3=O)cc(C)c1Cl. The normalized spacial score (nSPS) is 14.5. The molecule has 0 spiro atoms. The van der Waals surface area contributed by atoms with E-state index in [4.69, 9.17) is 33.0 Å². The Kier molecular flexibility index (Phi) is 9.13. The van der Waals surface area contributed by atoms with Crippen LogP contribution in [-0.4, -0.2) is 54.2 Å². The summed E-state index contributed by atoms with van der Waals surface area (Å²) in [5.74, 6) is -0.551. The van der Waals surface area contributed by atoms with Crippen molar-refractivity contribution < 1.29 is 24.5 Å². The molecular weight excluding hydrogens is 701 g/mol. The van der Waals surface area contributed by atoms with E-state index in [0.29, 0.717) is 58.9 Å². The first-order valence-corrected chi connectivity index (χ1v) is 18.0. The second kappa shape index (κ2) is 13.3. The molecular formula is C40H41Cl2N5O5. The number of fused-ring (bicyclic) bond motifs is 4. The number of hydrogen-bond acceptors (Lipinski definition) is 5. The highest BCUT2D eigenvalue weighted by Gasteiger charge is 2.38. The second-order valence-corrected chi connectivity index (χ2v) is 14.7. The number of carbonyl (C=O) groups is 2. The predicted octanol–water partition coefficient (Wildman–Crippen LogP) is 8.50. The van der Waals surface area contributed by atoms with Crippen LogP contribution in [0.25, 0.3) is 32.9 Å². The van der Waals surface area contributed by atoms with Gasteiger partial charge in [-0.3, -0.25) is 9.48 Å². The Morgan fingerprint density at radius 3 is 2.35 bits per heavy atom. The summed E-state index contributed by atoms with van der Waals surface area (Å²) in [7, 11) is 3.60. The minimum atomic E-state index is -1.08. The number of halogens is 2. The lowest BCUT2D eigenvalue weighted by Crippen LogP contribution is -2.43. The Balaban J connectivity index is 1.40. The van der Waals surface area contributed by atoms with Crippen LogP contribution in [0.4, 0.5) is 5.69 Å². The number of carboxylic acid groups (broad SMARTS) is 1. The van der Waals surface area contributed by atoms with E-state index >= 15 is 4.79 Å². The molecule has 1 aliphatic rings. The van der Waals surface area contributed by atoms with Gasteiger partial charge in [-0.25, -0.2) is 4.79 Å². The molecule has 0 saturated carbocycles. The molecule has 0 radical (unpaired) electrons. The van der Waals surface area contributed by atoms with Crippen molar-refractivity contribution in [2.75, 3.05) is 18.1 Å². The van der Waals surface area contributed by atoms with Crippen molar-refractivity contribution in [3.05, 3.63) is 97.5 Å². The smallest absolute Gasteiger partial charge is 0.352 e. The van der Waals surface area contributed by atoms with Crippen molar-refractivity contribution in [2.45, 2.75) is 60.1 Å². The van der Waals surface area contributed by atoms with Crippen LogP contribution >= 0.6 is 23.2 Å². The van der Waals surface area contributed by atoms with Crippen LogP contribution in [0.1, 0.15) is 74.0 Å². The molecule has 3 aromatic carbocycles. The molecule has 52 heavy (non-hydrogen) atoms. The first-order chi connectivity index (χ1) is 24.7. The molecule has 1 atom stereocenters. The van der Waals surface area contributed by atoms with Crippen LogP contribution in [0.2, 0.25) is 10.0 Å². The van der Waals surface area contributed by atoms with Crippen molar-refractivity contribution in [1.82, 2.24) is 18.9 Å². The van der Waals surface area contributed by atoms with Crippen LogP contribution < -0.4 is 9.64 Å². The number of aromatic nitrogens is 4. The van der Waals surface area contributed by atoms with Gasteiger partial charge in [0, 0.05) is 59.3 Å². The quantitative estimate of drug-likeness (QED) is 0.144. The number of ether oxygens (including phenoxy) is 1. The van der Waals surface area contributed by atoms with Gasteiger partial charge in [0.25, 0.3) is 5.91 Å². The van der Waals surface area contributed by atoms with E-state index in [0.717, 1.165) is 60.9 Å². The van der Waals surface area contributed by atoms with Gasteiger partial charge in [0.1, 0.15) is 17.1 Å². The fourth-order valence-electron chi connectivity index (χ4n) is 7.98. The van der Waals surface area contributed by atoms with Gasteiger partial charge >= 0.3 is 5.97 Å². The first kappa shape index (κ1) is 35.6. The summed E-state index contributed by atoms with van der Waals surface area (Å²) in [5, 5.41) is 27.7. The fraction of sp³-hybridized carbons (Fsp3) is 0.325. The number of aliphatic hydroxyl groups is 1. The van der Waals surface area contributed by atoms with E-state index < -0.39 is 5.97 Å². The molecule has 1 unspecified atom stereocenters. The van der Waals surface area contributed by atoms with Gasteiger partial charge in [-0.15, -0.1) is 0 Å². The van der Waals surface area contributed by atoms with E-state index in [1.165, 1.54) is 0 Å². The highest BCUT2D eigenvalue weighted by atomic mass is 35.5. The van der Waals surface area contributed by atoms with Crippen molar-refractivity contribution in [1.29, 1.82) is 0 Å². The van der Waals surface area contributed by atoms with E-state index in [1.54, 1.807) is 34.7 Å². The third-order valence-electron chi connectivity index (χ3n) is 10.4. The Morgan fingerprint density at radius 2 is 1.71 bits per heavy atom. The number of nitrogens with zero attached hydrogens (tertiary/aromatic N) is 5. The first-order valence-electron chi connectivity index (χ1n) is 17.3. The number of amides is 1. The molecule has 3 aromatic heterocycles. The maximum absolute atomic E-state index is 15.1. The van der Waals surface area contributed by atoms with Gasteiger partial charge in [0.05, 0.1) is 40.7 Å². The summed E-state index contributed by atoms with van der Waals surface area (Å²) >= 11 is 13.5. The van der Waals surface area contributed by atoms with Crippen LogP contribution in [-0.2, 0) is 27.1 Å². The number of aromatic carboxylic acids is 1. The average molecular weight is 743 g/mol. The lowest BCUT2D eigenvalue weighted by atomic mass is 9.98. The third kappa shape index (κ3) is 5.64. The third-order valence-corrected chi connectivity index (χ3v) is 11.3. The summed E-state index contributed by atoms with van der Waals surface area (Å²) in [6.45, 7) is 10.4. The molecule has 270 valence electrons. The standard InChI is InChI=1S/C40H41Cl2N5O5/c1-20-13-27(14-21(2)35(20)42)52-12-8-9-28-29-10-11-30(41)34(33-23(4)43-45(7)24(33)5)37(29)47-22(3)18-46(39(49)38(28)47)31-16-25(19-48)15-26-17-32(40(50)51)44(6)36(26)31/h10-11,13-17,22,48H,8-9,12,18-19H2,1-7H3,(H,50,51). The largest absolute Gasteiger partial charge is 0.494 e. The fourth-order valence-corrected chi connectivity index (χ4v) is 8.34. The summed E-state index contributed by atoms with van der Waals surface area (Å²) in [6, 6.07) is 12.7. The van der Waals surface area contributed by atoms with E-state index in [-0.39, 0.29) is 24.2 Å². The van der Waals surface area contributed by atoms with E-state index in [1.807, 2.05) is 63.7 Å². The zero-order valence-corrected chi connectivity index (χ0v) is 31.8. The van der Waals surface area contributed by atoms with Gasteiger partial charge < -0.3 is 29.0 Å². The number of aliphatic hydroxyl groups excluding tert-OH is 1. The van der Waals surface area contributed by atoms with Crippen LogP contribution in [0, 0.1) is 27.7 Å². The summed E-state index contributed by atoms with van der Waals surface area (Å²) in [6.07, 6.45) is 1.17. The topological polar surface area (TPSA) is 115 Å². The second-order valence-electron chi connectivity index (χ2n) is 13.9. The molecule has 7 rings (SSSR count). The van der Waals surface area contributed by atoms with Gasteiger partial charge in [-0.1, -0.05) is 29.3 Å². The zero-order chi connectivity index (χ0) is 37.3.